The Morgan fingerprint density at radius 2 is 1.91 bits per heavy atom. The van der Waals surface area contributed by atoms with Gasteiger partial charge in [-0.3, -0.25) is 5.10 Å². The molecule has 0 aliphatic rings. The highest BCUT2D eigenvalue weighted by Crippen LogP contribution is 2.15. The van der Waals surface area contributed by atoms with Crippen molar-refractivity contribution in [2.45, 2.75) is 33.1 Å². The van der Waals surface area contributed by atoms with E-state index >= 15 is 0 Å². The molecule has 3 rings (SSSR count). The molecule has 0 spiro atoms. The molecular weight excluding hydrogens is 272 g/mol. The second-order valence-corrected chi connectivity index (χ2v) is 5.32. The second kappa shape index (κ2) is 8.08. The molecule has 2 heterocycles. The van der Waals surface area contributed by atoms with Crippen molar-refractivity contribution in [1.29, 1.82) is 0 Å². The van der Waals surface area contributed by atoms with E-state index in [2.05, 4.69) is 71.2 Å². The van der Waals surface area contributed by atoms with Gasteiger partial charge in [-0.2, -0.15) is 5.10 Å². The summed E-state index contributed by atoms with van der Waals surface area (Å²) in [5.41, 5.74) is 9.14. The van der Waals surface area contributed by atoms with Crippen molar-refractivity contribution in [3.8, 4) is 5.69 Å². The van der Waals surface area contributed by atoms with E-state index in [0.717, 1.165) is 6.42 Å². The molecule has 0 fully saturated rings. The number of rotatable bonds is 4. The highest BCUT2D eigenvalue weighted by Gasteiger charge is 2.02. The summed E-state index contributed by atoms with van der Waals surface area (Å²) in [4.78, 5) is 0. The number of H-pyrrole nitrogens is 1. The van der Waals surface area contributed by atoms with Crippen molar-refractivity contribution in [3.63, 3.8) is 0 Å². The molecule has 4 heteroatoms. The van der Waals surface area contributed by atoms with Crippen molar-refractivity contribution in [3.05, 3.63) is 66.1 Å². The molecule has 0 saturated carbocycles. The Morgan fingerprint density at radius 1 is 1.14 bits per heavy atom. The lowest BCUT2D eigenvalue weighted by atomic mass is 10.2. The first-order chi connectivity index (χ1) is 10.7. The summed E-state index contributed by atoms with van der Waals surface area (Å²) in [6, 6.07) is 14.7. The lowest BCUT2D eigenvalue weighted by molar-refractivity contribution is 0.760. The monoisotopic (exact) mass is 296 g/mol. The minimum absolute atomic E-state index is 0.606. The second-order valence-electron chi connectivity index (χ2n) is 5.32. The van der Waals surface area contributed by atoms with Gasteiger partial charge in [-0.15, -0.1) is 0 Å². The van der Waals surface area contributed by atoms with Crippen LogP contribution in [0, 0.1) is 6.92 Å². The molecule has 3 N–H and O–H groups in total. The van der Waals surface area contributed by atoms with E-state index in [4.69, 9.17) is 5.73 Å². The number of hydrogen-bond acceptors (Lipinski definition) is 2. The van der Waals surface area contributed by atoms with E-state index < -0.39 is 0 Å². The fourth-order valence-electron chi connectivity index (χ4n) is 2.20. The number of benzene rings is 1. The maximum atomic E-state index is 5.16. The van der Waals surface area contributed by atoms with Crippen molar-refractivity contribution in [1.82, 2.24) is 14.8 Å². The summed E-state index contributed by atoms with van der Waals surface area (Å²) >= 11 is 0. The van der Waals surface area contributed by atoms with Gasteiger partial charge in [-0.25, -0.2) is 0 Å². The van der Waals surface area contributed by atoms with E-state index in [1.807, 2.05) is 0 Å². The summed E-state index contributed by atoms with van der Waals surface area (Å²) in [7, 11) is 0. The molecule has 116 valence electrons. The summed E-state index contributed by atoms with van der Waals surface area (Å²) in [6.45, 7) is 4.36. The molecular formula is C18H24N4. The summed E-state index contributed by atoms with van der Waals surface area (Å²) in [5.74, 6) is 0.606. The number of nitrogens with one attached hydrogen (secondary N) is 1. The van der Waals surface area contributed by atoms with Crippen LogP contribution in [0.1, 0.15) is 31.0 Å². The molecule has 0 bridgehead atoms. The zero-order valence-corrected chi connectivity index (χ0v) is 13.3. The van der Waals surface area contributed by atoms with Gasteiger partial charge in [0.2, 0.25) is 0 Å². The fraction of sp³-hybridized carbons (Fsp3) is 0.278. The van der Waals surface area contributed by atoms with Gasteiger partial charge in [0.25, 0.3) is 0 Å². The maximum Gasteiger partial charge on any atom is 0.118 e. The molecule has 0 saturated heterocycles. The van der Waals surface area contributed by atoms with Crippen molar-refractivity contribution in [2.24, 2.45) is 0 Å². The number of aromatic nitrogens is 3. The first-order valence-electron chi connectivity index (χ1n) is 7.69. The van der Waals surface area contributed by atoms with E-state index in [1.165, 1.54) is 29.8 Å². The number of hydrogen-bond donors (Lipinski definition) is 2. The molecule has 22 heavy (non-hydrogen) atoms. The Morgan fingerprint density at radius 3 is 2.45 bits per heavy atom. The quantitative estimate of drug-likeness (QED) is 0.760. The first kappa shape index (κ1) is 15.9. The fourth-order valence-corrected chi connectivity index (χ4v) is 2.20. The number of aromatic amines is 1. The van der Waals surface area contributed by atoms with Crippen LogP contribution in [0.5, 0.6) is 0 Å². The number of unbranched alkanes of at least 4 members (excludes halogenated alkanes) is 1. The van der Waals surface area contributed by atoms with Crippen LogP contribution >= 0.6 is 0 Å². The number of nitrogens with zero attached hydrogens (tertiary/aromatic N) is 2. The van der Waals surface area contributed by atoms with Crippen molar-refractivity contribution >= 4 is 5.82 Å². The first-order valence-corrected chi connectivity index (χ1v) is 7.69. The highest BCUT2D eigenvalue weighted by atomic mass is 15.1. The van der Waals surface area contributed by atoms with Crippen molar-refractivity contribution in [2.75, 3.05) is 5.73 Å². The zero-order chi connectivity index (χ0) is 15.8. The summed E-state index contributed by atoms with van der Waals surface area (Å²) < 4.78 is 2.29. The number of nitrogen functional groups attached to an aromatic ring is 1. The Bertz CT molecular complexity index is 651. The van der Waals surface area contributed by atoms with Gasteiger partial charge in [-0.05, 0) is 50.1 Å². The molecule has 0 amide bonds. The van der Waals surface area contributed by atoms with Crippen LogP contribution in [-0.4, -0.2) is 14.8 Å². The van der Waals surface area contributed by atoms with Crippen molar-refractivity contribution < 1.29 is 0 Å². The minimum atomic E-state index is 0.606. The number of anilines is 1. The molecule has 3 aromatic rings. The Labute approximate surface area is 132 Å². The van der Waals surface area contributed by atoms with E-state index in [0.29, 0.717) is 5.82 Å². The number of aryl methyl sites for hydroxylation is 2. The summed E-state index contributed by atoms with van der Waals surface area (Å²) in [6.07, 6.45) is 7.43. The molecule has 0 radical (unpaired) electrons. The lowest BCUT2D eigenvalue weighted by Crippen LogP contribution is -1.98. The van der Waals surface area contributed by atoms with Crippen LogP contribution in [0.3, 0.4) is 0 Å². The maximum absolute atomic E-state index is 5.16. The van der Waals surface area contributed by atoms with Gasteiger partial charge in [-0.1, -0.05) is 31.0 Å². The van der Waals surface area contributed by atoms with E-state index in [-0.39, 0.29) is 0 Å². The van der Waals surface area contributed by atoms with Gasteiger partial charge in [0, 0.05) is 17.6 Å². The van der Waals surface area contributed by atoms with Crippen LogP contribution in [0.15, 0.2) is 54.9 Å². The van der Waals surface area contributed by atoms with Crippen LogP contribution < -0.4 is 5.73 Å². The third kappa shape index (κ3) is 4.52. The SMILES string of the molecule is CCCCc1cccn1-c1ccc(C)cc1.Nc1ccn[nH]1. The Hall–Kier alpha value is -2.49. The predicted molar refractivity (Wildman–Crippen MR) is 92.1 cm³/mol. The zero-order valence-electron chi connectivity index (χ0n) is 13.3. The molecule has 0 unspecified atom stereocenters. The van der Waals surface area contributed by atoms with Crippen LogP contribution in [-0.2, 0) is 6.42 Å². The average Bonchev–Trinajstić information content (AvgIpc) is 3.18. The third-order valence-corrected chi connectivity index (χ3v) is 3.45. The van der Waals surface area contributed by atoms with Gasteiger partial charge < -0.3 is 10.3 Å². The van der Waals surface area contributed by atoms with Gasteiger partial charge >= 0.3 is 0 Å². The Kier molecular flexibility index (Phi) is 5.83. The standard InChI is InChI=1S/C15H19N.C3H5N3/c1-3-4-6-14-7-5-12-16(14)15-10-8-13(2)9-11-15;4-3-1-2-5-6-3/h5,7-12H,3-4,6H2,1-2H3;1-2H,(H3,4,5,6). The highest BCUT2D eigenvalue weighted by molar-refractivity contribution is 5.37. The Balaban J connectivity index is 0.000000246. The number of nitrogens with two attached hydrogens (primary N) is 1. The molecule has 0 aliphatic heterocycles. The van der Waals surface area contributed by atoms with E-state index in [1.54, 1.807) is 12.3 Å². The van der Waals surface area contributed by atoms with Gasteiger partial charge in [0.1, 0.15) is 5.82 Å². The largest absolute Gasteiger partial charge is 0.384 e. The molecule has 4 nitrogen and oxygen atoms in total. The summed E-state index contributed by atoms with van der Waals surface area (Å²) in [5, 5.41) is 6.10. The molecule has 0 aliphatic carbocycles. The normalized spacial score (nSPS) is 10.1. The van der Waals surface area contributed by atoms with Gasteiger partial charge in [0.05, 0.1) is 6.20 Å². The molecule has 2 aromatic heterocycles. The third-order valence-electron chi connectivity index (χ3n) is 3.45. The van der Waals surface area contributed by atoms with Crippen LogP contribution in [0.25, 0.3) is 5.69 Å². The smallest absolute Gasteiger partial charge is 0.118 e. The average molecular weight is 296 g/mol. The molecule has 1 aromatic carbocycles. The van der Waals surface area contributed by atoms with Gasteiger partial charge in [0.15, 0.2) is 0 Å². The predicted octanol–water partition coefficient (Wildman–Crippen LogP) is 4.12. The van der Waals surface area contributed by atoms with E-state index in [9.17, 15) is 0 Å². The minimum Gasteiger partial charge on any atom is -0.384 e. The lowest BCUT2D eigenvalue weighted by Gasteiger charge is -2.09. The van der Waals surface area contributed by atoms with Crippen LogP contribution in [0.2, 0.25) is 0 Å². The topological polar surface area (TPSA) is 59.6 Å². The van der Waals surface area contributed by atoms with Crippen LogP contribution in [0.4, 0.5) is 5.82 Å². The molecule has 0 atom stereocenters.